The number of rotatable bonds is 5. The van der Waals surface area contributed by atoms with Crippen LogP contribution in [0, 0.1) is 17.2 Å². The van der Waals surface area contributed by atoms with Gasteiger partial charge in [0.25, 0.3) is 0 Å². The molecule has 0 radical (unpaired) electrons. The van der Waals surface area contributed by atoms with Crippen molar-refractivity contribution in [2.24, 2.45) is 5.92 Å². The van der Waals surface area contributed by atoms with Crippen LogP contribution in [0.15, 0.2) is 18.2 Å². The highest BCUT2D eigenvalue weighted by Crippen LogP contribution is 2.23. The summed E-state index contributed by atoms with van der Waals surface area (Å²) >= 11 is 2.04. The van der Waals surface area contributed by atoms with E-state index in [1.54, 1.807) is 7.11 Å². The zero-order valence-electron chi connectivity index (χ0n) is 10.6. The highest BCUT2D eigenvalue weighted by Gasteiger charge is 2.14. The van der Waals surface area contributed by atoms with Gasteiger partial charge in [-0.05, 0) is 48.1 Å². The van der Waals surface area contributed by atoms with Crippen molar-refractivity contribution in [2.75, 3.05) is 25.2 Å². The minimum absolute atomic E-state index is 0.591. The van der Waals surface area contributed by atoms with Gasteiger partial charge in [0.2, 0.25) is 0 Å². The second kappa shape index (κ2) is 6.67. The van der Waals surface area contributed by atoms with E-state index in [1.807, 2.05) is 30.0 Å². The van der Waals surface area contributed by atoms with Crippen LogP contribution in [0.3, 0.4) is 0 Å². The minimum atomic E-state index is 0.591. The highest BCUT2D eigenvalue weighted by molar-refractivity contribution is 7.99. The van der Waals surface area contributed by atoms with Crippen LogP contribution >= 0.6 is 11.8 Å². The number of ether oxygens (including phenoxy) is 1. The fourth-order valence-electron chi connectivity index (χ4n) is 2.10. The van der Waals surface area contributed by atoms with E-state index in [0.29, 0.717) is 11.3 Å². The molecular formula is C14H18N2OS. The van der Waals surface area contributed by atoms with E-state index in [1.165, 1.54) is 17.9 Å². The molecule has 1 aliphatic rings. The smallest absolute Gasteiger partial charge is 0.136 e. The first-order chi connectivity index (χ1) is 8.83. The molecule has 1 fully saturated rings. The molecule has 1 heterocycles. The van der Waals surface area contributed by atoms with Gasteiger partial charge in [-0.3, -0.25) is 0 Å². The van der Waals surface area contributed by atoms with Gasteiger partial charge in [-0.1, -0.05) is 6.07 Å². The van der Waals surface area contributed by atoms with Gasteiger partial charge < -0.3 is 10.1 Å². The largest absolute Gasteiger partial charge is 0.495 e. The van der Waals surface area contributed by atoms with Crippen molar-refractivity contribution in [3.63, 3.8) is 0 Å². The lowest BCUT2D eigenvalue weighted by molar-refractivity contribution is 0.412. The molecule has 2 rings (SSSR count). The SMILES string of the molecule is COc1cc(CNCC2CCSC2)ccc1C#N. The number of hydrogen-bond acceptors (Lipinski definition) is 4. The molecule has 1 N–H and O–H groups in total. The van der Waals surface area contributed by atoms with Gasteiger partial charge in [-0.25, -0.2) is 0 Å². The van der Waals surface area contributed by atoms with Crippen molar-refractivity contribution >= 4 is 11.8 Å². The number of nitrogens with one attached hydrogen (secondary N) is 1. The Bertz CT molecular complexity index is 436. The number of nitriles is 1. The third-order valence-corrected chi connectivity index (χ3v) is 4.40. The summed E-state index contributed by atoms with van der Waals surface area (Å²) in [4.78, 5) is 0. The molecule has 18 heavy (non-hydrogen) atoms. The number of methoxy groups -OCH3 is 1. The minimum Gasteiger partial charge on any atom is -0.495 e. The molecule has 1 saturated heterocycles. The van der Waals surface area contributed by atoms with E-state index in [-0.39, 0.29) is 0 Å². The maximum Gasteiger partial charge on any atom is 0.136 e. The molecule has 0 bridgehead atoms. The fourth-order valence-corrected chi connectivity index (χ4v) is 3.39. The summed E-state index contributed by atoms with van der Waals surface area (Å²) in [5.41, 5.74) is 1.75. The van der Waals surface area contributed by atoms with Gasteiger partial charge in [-0.15, -0.1) is 0 Å². The summed E-state index contributed by atoms with van der Waals surface area (Å²) in [5.74, 6) is 4.06. The van der Waals surface area contributed by atoms with Gasteiger partial charge in [0.05, 0.1) is 12.7 Å². The van der Waals surface area contributed by atoms with E-state index in [2.05, 4.69) is 11.4 Å². The Morgan fingerprint density at radius 1 is 1.56 bits per heavy atom. The molecular weight excluding hydrogens is 244 g/mol. The zero-order valence-corrected chi connectivity index (χ0v) is 11.4. The standard InChI is InChI=1S/C14H18N2OS/c1-17-14-6-11(2-3-13(14)7-15)8-16-9-12-4-5-18-10-12/h2-3,6,12,16H,4-5,8-10H2,1H3. The summed E-state index contributed by atoms with van der Waals surface area (Å²) in [6.07, 6.45) is 1.33. The lowest BCUT2D eigenvalue weighted by Crippen LogP contribution is -2.22. The van der Waals surface area contributed by atoms with Gasteiger partial charge in [-0.2, -0.15) is 17.0 Å². The highest BCUT2D eigenvalue weighted by atomic mass is 32.2. The predicted molar refractivity (Wildman–Crippen MR) is 74.8 cm³/mol. The van der Waals surface area contributed by atoms with Crippen LogP contribution in [-0.4, -0.2) is 25.2 Å². The van der Waals surface area contributed by atoms with Crippen LogP contribution in [0.2, 0.25) is 0 Å². The molecule has 0 aliphatic carbocycles. The molecule has 0 aromatic heterocycles. The second-order valence-corrected chi connectivity index (χ2v) is 5.66. The maximum atomic E-state index is 8.91. The van der Waals surface area contributed by atoms with Gasteiger partial charge in [0.15, 0.2) is 0 Å². The van der Waals surface area contributed by atoms with Crippen LogP contribution in [-0.2, 0) is 6.54 Å². The first kappa shape index (κ1) is 13.3. The van der Waals surface area contributed by atoms with Crippen LogP contribution in [0.4, 0.5) is 0 Å². The van der Waals surface area contributed by atoms with E-state index in [0.717, 1.165) is 24.6 Å². The summed E-state index contributed by atoms with van der Waals surface area (Å²) in [6.45, 7) is 1.92. The zero-order chi connectivity index (χ0) is 12.8. The number of nitrogens with zero attached hydrogens (tertiary/aromatic N) is 1. The molecule has 1 unspecified atom stereocenters. The average Bonchev–Trinajstić information content (AvgIpc) is 2.91. The molecule has 4 heteroatoms. The van der Waals surface area contributed by atoms with Crippen LogP contribution in [0.25, 0.3) is 0 Å². The molecule has 0 saturated carbocycles. The van der Waals surface area contributed by atoms with Gasteiger partial charge in [0.1, 0.15) is 11.8 Å². The molecule has 1 aromatic carbocycles. The number of benzene rings is 1. The summed E-state index contributed by atoms with van der Waals surface area (Å²) < 4.78 is 5.20. The summed E-state index contributed by atoms with van der Waals surface area (Å²) in [7, 11) is 1.60. The van der Waals surface area contributed by atoms with Crippen molar-refractivity contribution in [1.82, 2.24) is 5.32 Å². The molecule has 96 valence electrons. The third kappa shape index (κ3) is 3.41. The quantitative estimate of drug-likeness (QED) is 0.885. The van der Waals surface area contributed by atoms with Crippen molar-refractivity contribution in [3.8, 4) is 11.8 Å². The predicted octanol–water partition coefficient (Wildman–Crippen LogP) is 2.41. The molecule has 1 atom stereocenters. The molecule has 3 nitrogen and oxygen atoms in total. The second-order valence-electron chi connectivity index (χ2n) is 4.51. The number of hydrogen-bond donors (Lipinski definition) is 1. The van der Waals surface area contributed by atoms with Crippen LogP contribution in [0.1, 0.15) is 17.5 Å². The van der Waals surface area contributed by atoms with Gasteiger partial charge in [0, 0.05) is 6.54 Å². The summed E-state index contributed by atoms with van der Waals surface area (Å²) in [6, 6.07) is 7.87. The topological polar surface area (TPSA) is 45.0 Å². The molecule has 0 spiro atoms. The van der Waals surface area contributed by atoms with Crippen molar-refractivity contribution in [1.29, 1.82) is 5.26 Å². The Kier molecular flexibility index (Phi) is 4.91. The Hall–Kier alpha value is -1.18. The van der Waals surface area contributed by atoms with Crippen molar-refractivity contribution < 1.29 is 4.74 Å². The maximum absolute atomic E-state index is 8.91. The first-order valence-corrected chi connectivity index (χ1v) is 7.34. The average molecular weight is 262 g/mol. The first-order valence-electron chi connectivity index (χ1n) is 6.19. The van der Waals surface area contributed by atoms with E-state index < -0.39 is 0 Å². The Morgan fingerprint density at radius 3 is 3.11 bits per heavy atom. The Labute approximate surface area is 113 Å². The van der Waals surface area contributed by atoms with E-state index in [4.69, 9.17) is 10.00 Å². The van der Waals surface area contributed by atoms with Gasteiger partial charge >= 0.3 is 0 Å². The molecule has 1 aliphatic heterocycles. The van der Waals surface area contributed by atoms with E-state index in [9.17, 15) is 0 Å². The van der Waals surface area contributed by atoms with Crippen LogP contribution in [0.5, 0.6) is 5.75 Å². The normalized spacial score (nSPS) is 18.6. The molecule has 1 aromatic rings. The Balaban J connectivity index is 1.87. The van der Waals surface area contributed by atoms with E-state index >= 15 is 0 Å². The lowest BCUT2D eigenvalue weighted by Gasteiger charge is -2.11. The lowest BCUT2D eigenvalue weighted by atomic mass is 10.1. The number of thioether (sulfide) groups is 1. The third-order valence-electron chi connectivity index (χ3n) is 3.17. The molecule has 0 amide bonds. The Morgan fingerprint density at radius 2 is 2.44 bits per heavy atom. The van der Waals surface area contributed by atoms with Crippen molar-refractivity contribution in [3.05, 3.63) is 29.3 Å². The monoisotopic (exact) mass is 262 g/mol. The summed E-state index contributed by atoms with van der Waals surface area (Å²) in [5, 5.41) is 12.4. The van der Waals surface area contributed by atoms with Crippen LogP contribution < -0.4 is 10.1 Å². The van der Waals surface area contributed by atoms with Crippen molar-refractivity contribution in [2.45, 2.75) is 13.0 Å². The fraction of sp³-hybridized carbons (Fsp3) is 0.500.